The second-order valence-corrected chi connectivity index (χ2v) is 10.4. The van der Waals surface area contributed by atoms with E-state index in [4.69, 9.17) is 5.73 Å². The van der Waals surface area contributed by atoms with Gasteiger partial charge in [-0.1, -0.05) is 50.3 Å². The number of nitrogens with one attached hydrogen (secondary N) is 2. The van der Waals surface area contributed by atoms with Gasteiger partial charge >= 0.3 is 6.18 Å². The number of nitrogens with two attached hydrogens (primary N) is 1. The number of carbonyl (C=O) groups is 2. The number of aliphatic imine (C=N–C) groups is 1. The quantitative estimate of drug-likeness (QED) is 0.315. The van der Waals surface area contributed by atoms with E-state index >= 15 is 0 Å². The van der Waals surface area contributed by atoms with Crippen LogP contribution in [0.3, 0.4) is 0 Å². The van der Waals surface area contributed by atoms with Crippen molar-refractivity contribution in [1.82, 2.24) is 10.6 Å². The maximum Gasteiger partial charge on any atom is 0.416 e. The molecule has 3 aromatic rings. The minimum absolute atomic E-state index is 0.155. The van der Waals surface area contributed by atoms with Crippen molar-refractivity contribution in [1.29, 1.82) is 0 Å². The highest BCUT2D eigenvalue weighted by Crippen LogP contribution is 2.34. The van der Waals surface area contributed by atoms with Gasteiger partial charge in [-0.25, -0.2) is 4.99 Å². The largest absolute Gasteiger partial charge is 0.416 e. The summed E-state index contributed by atoms with van der Waals surface area (Å²) < 4.78 is 40.1. The lowest BCUT2D eigenvalue weighted by Gasteiger charge is -2.23. The Morgan fingerprint density at radius 3 is 2.39 bits per heavy atom. The van der Waals surface area contributed by atoms with Gasteiger partial charge in [-0.05, 0) is 58.7 Å². The Kier molecular flexibility index (Phi) is 8.74. The molecule has 1 heterocycles. The molecule has 0 radical (unpaired) electrons. The molecule has 0 aromatic heterocycles. The van der Waals surface area contributed by atoms with E-state index in [1.807, 2.05) is 19.9 Å². The molecule has 2 amide bonds. The van der Waals surface area contributed by atoms with E-state index in [0.29, 0.717) is 46.8 Å². The number of alkyl halides is 3. The van der Waals surface area contributed by atoms with Gasteiger partial charge in [0.25, 0.3) is 5.91 Å². The topological polar surface area (TPSA) is 117 Å². The van der Waals surface area contributed by atoms with E-state index in [0.717, 1.165) is 17.7 Å². The van der Waals surface area contributed by atoms with Crippen molar-refractivity contribution in [2.45, 2.75) is 38.5 Å². The van der Waals surface area contributed by atoms with Crippen molar-refractivity contribution in [2.24, 2.45) is 10.7 Å². The Labute approximate surface area is 236 Å². The standard InChI is InChI=1S/C31H31F3N4O3/c1-30(2,18-35)24-8-4-7-22(14-24)29(41)36-16-28(40)38-27-10-9-26(37-27)21-6-3-5-20(13-21)23-11-19(17-39)12-25(15-23)31(32,33)34/h3-9,11-15,39H,10,16-18,35H2,1-2H3,(H,36,41)(H,37,38,40). The molecule has 0 unspecified atom stereocenters. The lowest BCUT2D eigenvalue weighted by Crippen LogP contribution is -2.39. The number of halogens is 3. The number of hydrogen-bond acceptors (Lipinski definition) is 5. The van der Waals surface area contributed by atoms with Gasteiger partial charge in [0.2, 0.25) is 5.91 Å². The van der Waals surface area contributed by atoms with Crippen molar-refractivity contribution in [2.75, 3.05) is 13.1 Å². The summed E-state index contributed by atoms with van der Waals surface area (Å²) in [4.78, 5) is 29.6. The number of hydrogen-bond donors (Lipinski definition) is 4. The van der Waals surface area contributed by atoms with Crippen LogP contribution in [0.4, 0.5) is 13.2 Å². The Balaban J connectivity index is 1.40. The van der Waals surface area contributed by atoms with Gasteiger partial charge in [0.05, 0.1) is 24.4 Å². The third-order valence-corrected chi connectivity index (χ3v) is 6.85. The van der Waals surface area contributed by atoms with Crippen molar-refractivity contribution < 1.29 is 27.9 Å². The predicted molar refractivity (Wildman–Crippen MR) is 152 cm³/mol. The molecular formula is C31H31F3N4O3. The Hall–Kier alpha value is -4.28. The molecule has 7 nitrogen and oxygen atoms in total. The van der Waals surface area contributed by atoms with Crippen molar-refractivity contribution in [3.05, 3.63) is 101 Å². The van der Waals surface area contributed by atoms with Crippen molar-refractivity contribution in [3.8, 4) is 11.1 Å². The molecule has 41 heavy (non-hydrogen) atoms. The maximum absolute atomic E-state index is 13.4. The van der Waals surface area contributed by atoms with E-state index in [1.165, 1.54) is 6.07 Å². The van der Waals surface area contributed by atoms with Crippen LogP contribution < -0.4 is 16.4 Å². The molecule has 1 aliphatic rings. The molecule has 3 aromatic carbocycles. The average molecular weight is 565 g/mol. The second-order valence-electron chi connectivity index (χ2n) is 10.4. The number of nitrogens with zero attached hydrogens (tertiary/aromatic N) is 1. The fraction of sp³-hybridized carbons (Fsp3) is 0.258. The van der Waals surface area contributed by atoms with Crippen molar-refractivity contribution in [3.63, 3.8) is 0 Å². The fourth-order valence-corrected chi connectivity index (χ4v) is 4.33. The number of amides is 2. The summed E-state index contributed by atoms with van der Waals surface area (Å²) in [5.41, 5.74) is 8.25. The molecule has 5 N–H and O–H groups in total. The van der Waals surface area contributed by atoms with Gasteiger partial charge in [-0.15, -0.1) is 0 Å². The first-order chi connectivity index (χ1) is 19.4. The van der Waals surface area contributed by atoms with Gasteiger partial charge in [-0.3, -0.25) is 9.59 Å². The summed E-state index contributed by atoms with van der Waals surface area (Å²) in [5.74, 6) is -0.449. The van der Waals surface area contributed by atoms with Crippen LogP contribution in [0.1, 0.15) is 52.9 Å². The van der Waals surface area contributed by atoms with Crippen molar-refractivity contribution >= 4 is 23.3 Å². The highest BCUT2D eigenvalue weighted by atomic mass is 19.4. The summed E-state index contributed by atoms with van der Waals surface area (Å²) in [5, 5.41) is 14.7. The summed E-state index contributed by atoms with van der Waals surface area (Å²) in [6.07, 6.45) is -2.41. The maximum atomic E-state index is 13.4. The molecule has 0 saturated heterocycles. The van der Waals surface area contributed by atoms with Gasteiger partial charge in [0.15, 0.2) is 0 Å². The molecule has 10 heteroatoms. The first kappa shape index (κ1) is 29.7. The van der Waals surface area contributed by atoms with Crippen LogP contribution in [0.5, 0.6) is 0 Å². The highest BCUT2D eigenvalue weighted by Gasteiger charge is 2.31. The Morgan fingerprint density at radius 1 is 0.951 bits per heavy atom. The molecule has 0 saturated carbocycles. The zero-order valence-corrected chi connectivity index (χ0v) is 22.7. The van der Waals surface area contributed by atoms with Gasteiger partial charge in [-0.2, -0.15) is 13.2 Å². The molecule has 4 rings (SSSR count). The molecule has 0 aliphatic carbocycles. The monoisotopic (exact) mass is 564 g/mol. The average Bonchev–Trinajstić information content (AvgIpc) is 3.43. The van der Waals surface area contributed by atoms with E-state index in [9.17, 15) is 27.9 Å². The van der Waals surface area contributed by atoms with Crippen LogP contribution in [-0.2, 0) is 23.0 Å². The molecule has 214 valence electrons. The van der Waals surface area contributed by atoms with Crippen LogP contribution in [0.15, 0.2) is 77.8 Å². The Bertz CT molecular complexity index is 1530. The molecule has 0 bridgehead atoms. The predicted octanol–water partition coefficient (Wildman–Crippen LogP) is 4.79. The first-order valence-corrected chi connectivity index (χ1v) is 13.0. The number of aliphatic hydroxyl groups excluding tert-OH is 1. The number of rotatable bonds is 8. The van der Waals surface area contributed by atoms with Gasteiger partial charge in [0.1, 0.15) is 5.84 Å². The summed E-state index contributed by atoms with van der Waals surface area (Å²) >= 11 is 0. The highest BCUT2D eigenvalue weighted by molar-refractivity contribution is 6.05. The number of aliphatic hydroxyl groups is 1. The zero-order valence-electron chi connectivity index (χ0n) is 22.7. The molecule has 1 aliphatic heterocycles. The zero-order chi connectivity index (χ0) is 29.8. The van der Waals surface area contributed by atoms with Crippen LogP contribution in [0.25, 0.3) is 16.8 Å². The van der Waals surface area contributed by atoms with Crippen LogP contribution in [-0.4, -0.2) is 35.8 Å². The summed E-state index contributed by atoms with van der Waals surface area (Å²) in [6.45, 7) is 3.61. The van der Waals surface area contributed by atoms with E-state index in [-0.39, 0.29) is 17.5 Å². The minimum atomic E-state index is -4.55. The third kappa shape index (κ3) is 7.27. The number of amidine groups is 1. The molecule has 0 atom stereocenters. The minimum Gasteiger partial charge on any atom is -0.392 e. The van der Waals surface area contributed by atoms with E-state index < -0.39 is 30.2 Å². The normalized spacial score (nSPS) is 13.4. The van der Waals surface area contributed by atoms with E-state index in [1.54, 1.807) is 48.5 Å². The number of carbonyl (C=O) groups excluding carboxylic acids is 2. The van der Waals surface area contributed by atoms with E-state index in [2.05, 4.69) is 15.6 Å². The van der Waals surface area contributed by atoms with Gasteiger partial charge in [0, 0.05) is 29.5 Å². The summed E-state index contributed by atoms with van der Waals surface area (Å²) in [6, 6.07) is 17.4. The molecular weight excluding hydrogens is 533 g/mol. The smallest absolute Gasteiger partial charge is 0.392 e. The fourth-order valence-electron chi connectivity index (χ4n) is 4.33. The second kappa shape index (κ2) is 12.1. The molecule has 0 fully saturated rings. The van der Waals surface area contributed by atoms with Crippen LogP contribution in [0.2, 0.25) is 0 Å². The lowest BCUT2D eigenvalue weighted by atomic mass is 9.84. The Morgan fingerprint density at radius 2 is 1.68 bits per heavy atom. The third-order valence-electron chi connectivity index (χ3n) is 6.85. The van der Waals surface area contributed by atoms with Crippen LogP contribution in [0, 0.1) is 0 Å². The lowest BCUT2D eigenvalue weighted by molar-refractivity contribution is -0.137. The first-order valence-electron chi connectivity index (χ1n) is 13.0. The summed E-state index contributed by atoms with van der Waals surface area (Å²) in [7, 11) is 0. The molecule has 0 spiro atoms. The number of benzene rings is 3. The van der Waals surface area contributed by atoms with Gasteiger partial charge < -0.3 is 21.5 Å². The SMILES string of the molecule is CC(C)(CN)c1cccc(C(=O)NCC(=O)NC2=NC(c3cccc(-c4cc(CO)cc(C(F)(F)F)c4)c3)=CC2)c1. The van der Waals surface area contributed by atoms with Crippen LogP contribution >= 0.6 is 0 Å².